The van der Waals surface area contributed by atoms with Gasteiger partial charge in [-0.2, -0.15) is 0 Å². The van der Waals surface area contributed by atoms with E-state index in [2.05, 4.69) is 51.9 Å². The first kappa shape index (κ1) is 12.6. The van der Waals surface area contributed by atoms with Gasteiger partial charge in [0, 0.05) is 19.3 Å². The summed E-state index contributed by atoms with van der Waals surface area (Å²) in [6.07, 6.45) is 3.41. The van der Waals surface area contributed by atoms with E-state index in [9.17, 15) is 0 Å². The lowest BCUT2D eigenvalue weighted by Crippen LogP contribution is -2.25. The zero-order chi connectivity index (χ0) is 13.2. The van der Waals surface area contributed by atoms with Crippen LogP contribution >= 0.6 is 0 Å². The first-order chi connectivity index (χ1) is 9.24. The Kier molecular flexibility index (Phi) is 3.53. The molecule has 4 nitrogen and oxygen atoms in total. The molecule has 0 radical (unpaired) electrons. The van der Waals surface area contributed by atoms with Gasteiger partial charge < -0.3 is 14.6 Å². The molecule has 1 fully saturated rings. The summed E-state index contributed by atoms with van der Waals surface area (Å²) in [7, 11) is 2.20. The smallest absolute Gasteiger partial charge is 0.137 e. The van der Waals surface area contributed by atoms with Gasteiger partial charge in [0.05, 0.1) is 11.4 Å². The quantitative estimate of drug-likeness (QED) is 0.905. The molecule has 1 aliphatic rings. The molecule has 19 heavy (non-hydrogen) atoms. The highest BCUT2D eigenvalue weighted by molar-refractivity contribution is 5.42. The Morgan fingerprint density at radius 3 is 3.11 bits per heavy atom. The lowest BCUT2D eigenvalue weighted by Gasteiger charge is -2.12. The number of imidazole rings is 1. The second kappa shape index (κ2) is 5.31. The van der Waals surface area contributed by atoms with Crippen LogP contribution in [0.25, 0.3) is 5.65 Å². The Morgan fingerprint density at radius 1 is 1.42 bits per heavy atom. The number of hydrogen-bond donors (Lipinski definition) is 1. The maximum atomic E-state index is 4.59. The summed E-state index contributed by atoms with van der Waals surface area (Å²) in [6.45, 7) is 6.55. The lowest BCUT2D eigenvalue weighted by molar-refractivity contribution is 0.388. The van der Waals surface area contributed by atoms with Crippen LogP contribution in [0.1, 0.15) is 17.8 Å². The van der Waals surface area contributed by atoms with Gasteiger partial charge in [0.15, 0.2) is 0 Å². The molecule has 0 amide bonds. The monoisotopic (exact) mass is 258 g/mol. The van der Waals surface area contributed by atoms with Crippen molar-refractivity contribution in [2.75, 3.05) is 26.7 Å². The van der Waals surface area contributed by atoms with E-state index in [4.69, 9.17) is 0 Å². The zero-order valence-electron chi connectivity index (χ0n) is 11.8. The number of likely N-dealkylation sites (tertiary alicyclic amines) is 1. The molecule has 0 bridgehead atoms. The SMILES string of the molecule is Cc1nc2ccccn2c1CNCC1CCN(C)C1. The van der Waals surface area contributed by atoms with Crippen molar-refractivity contribution in [3.63, 3.8) is 0 Å². The molecule has 3 heterocycles. The third-order valence-electron chi connectivity index (χ3n) is 4.04. The molecule has 0 aromatic carbocycles. The van der Waals surface area contributed by atoms with Crippen LogP contribution in [0.5, 0.6) is 0 Å². The Labute approximate surface area is 114 Å². The van der Waals surface area contributed by atoms with Gasteiger partial charge in [-0.3, -0.25) is 0 Å². The van der Waals surface area contributed by atoms with E-state index >= 15 is 0 Å². The summed E-state index contributed by atoms with van der Waals surface area (Å²) < 4.78 is 2.18. The summed E-state index contributed by atoms with van der Waals surface area (Å²) >= 11 is 0. The van der Waals surface area contributed by atoms with Crippen molar-refractivity contribution in [2.45, 2.75) is 19.9 Å². The number of rotatable bonds is 4. The maximum absolute atomic E-state index is 4.59. The maximum Gasteiger partial charge on any atom is 0.137 e. The molecule has 2 aromatic rings. The largest absolute Gasteiger partial charge is 0.311 e. The molecule has 2 aromatic heterocycles. The fourth-order valence-corrected chi connectivity index (χ4v) is 2.96. The number of pyridine rings is 1. The number of hydrogen-bond acceptors (Lipinski definition) is 3. The average Bonchev–Trinajstić information content (AvgIpc) is 2.94. The van der Waals surface area contributed by atoms with Crippen molar-refractivity contribution in [2.24, 2.45) is 5.92 Å². The normalized spacial score (nSPS) is 20.4. The second-order valence-electron chi connectivity index (χ2n) is 5.62. The highest BCUT2D eigenvalue weighted by Gasteiger charge is 2.19. The average molecular weight is 258 g/mol. The molecule has 1 aliphatic heterocycles. The van der Waals surface area contributed by atoms with Crippen LogP contribution < -0.4 is 5.32 Å². The van der Waals surface area contributed by atoms with Crippen LogP contribution in [0.3, 0.4) is 0 Å². The van der Waals surface area contributed by atoms with Crippen LogP contribution in [0.15, 0.2) is 24.4 Å². The van der Waals surface area contributed by atoms with Gasteiger partial charge in [-0.05, 0) is 51.5 Å². The Morgan fingerprint density at radius 2 is 2.32 bits per heavy atom. The third-order valence-corrected chi connectivity index (χ3v) is 4.04. The highest BCUT2D eigenvalue weighted by atomic mass is 15.1. The molecule has 102 valence electrons. The van der Waals surface area contributed by atoms with Crippen molar-refractivity contribution in [3.8, 4) is 0 Å². The van der Waals surface area contributed by atoms with Gasteiger partial charge in [0.25, 0.3) is 0 Å². The fraction of sp³-hybridized carbons (Fsp3) is 0.533. The van der Waals surface area contributed by atoms with Crippen molar-refractivity contribution in [1.82, 2.24) is 19.6 Å². The first-order valence-corrected chi connectivity index (χ1v) is 7.06. The Bertz CT molecular complexity index is 560. The summed E-state index contributed by atoms with van der Waals surface area (Å²) in [4.78, 5) is 7.00. The van der Waals surface area contributed by atoms with Gasteiger partial charge in [0.2, 0.25) is 0 Å². The molecular formula is C15H22N4. The molecule has 1 unspecified atom stereocenters. The predicted octanol–water partition coefficient (Wildman–Crippen LogP) is 1.68. The highest BCUT2D eigenvalue weighted by Crippen LogP contribution is 2.14. The van der Waals surface area contributed by atoms with Gasteiger partial charge in [-0.1, -0.05) is 6.07 Å². The van der Waals surface area contributed by atoms with Gasteiger partial charge in [-0.15, -0.1) is 0 Å². The van der Waals surface area contributed by atoms with E-state index in [1.165, 1.54) is 25.2 Å². The molecular weight excluding hydrogens is 236 g/mol. The van der Waals surface area contributed by atoms with Crippen molar-refractivity contribution in [1.29, 1.82) is 0 Å². The zero-order valence-corrected chi connectivity index (χ0v) is 11.8. The summed E-state index contributed by atoms with van der Waals surface area (Å²) in [6, 6.07) is 6.15. The van der Waals surface area contributed by atoms with E-state index in [0.717, 1.165) is 30.3 Å². The van der Waals surface area contributed by atoms with Gasteiger partial charge in [-0.25, -0.2) is 4.98 Å². The molecule has 1 atom stereocenters. The fourth-order valence-electron chi connectivity index (χ4n) is 2.96. The van der Waals surface area contributed by atoms with Gasteiger partial charge >= 0.3 is 0 Å². The summed E-state index contributed by atoms with van der Waals surface area (Å²) in [5.74, 6) is 0.796. The molecule has 0 spiro atoms. The number of aryl methyl sites for hydroxylation is 1. The van der Waals surface area contributed by atoms with E-state index in [1.54, 1.807) is 0 Å². The minimum absolute atomic E-state index is 0.796. The van der Waals surface area contributed by atoms with Gasteiger partial charge in [0.1, 0.15) is 5.65 Å². The van der Waals surface area contributed by atoms with Crippen LogP contribution in [0.4, 0.5) is 0 Å². The van der Waals surface area contributed by atoms with Crippen molar-refractivity contribution < 1.29 is 0 Å². The van der Waals surface area contributed by atoms with E-state index in [1.807, 2.05) is 6.07 Å². The van der Waals surface area contributed by atoms with E-state index < -0.39 is 0 Å². The first-order valence-electron chi connectivity index (χ1n) is 7.06. The van der Waals surface area contributed by atoms with Crippen LogP contribution in [-0.2, 0) is 6.54 Å². The van der Waals surface area contributed by atoms with E-state index in [0.29, 0.717) is 0 Å². The number of aromatic nitrogens is 2. The molecule has 0 saturated carbocycles. The molecule has 3 rings (SSSR count). The summed E-state index contributed by atoms with van der Waals surface area (Å²) in [5, 5.41) is 3.60. The predicted molar refractivity (Wildman–Crippen MR) is 77.2 cm³/mol. The number of nitrogens with one attached hydrogen (secondary N) is 1. The summed E-state index contributed by atoms with van der Waals surface area (Å²) in [5.41, 5.74) is 3.45. The molecule has 1 N–H and O–H groups in total. The van der Waals surface area contributed by atoms with Crippen LogP contribution in [-0.4, -0.2) is 41.0 Å². The molecule has 4 heteroatoms. The topological polar surface area (TPSA) is 32.6 Å². The third kappa shape index (κ3) is 2.65. The number of nitrogens with zero attached hydrogens (tertiary/aromatic N) is 3. The van der Waals surface area contributed by atoms with Crippen LogP contribution in [0.2, 0.25) is 0 Å². The van der Waals surface area contributed by atoms with Crippen molar-refractivity contribution >= 4 is 5.65 Å². The Hall–Kier alpha value is -1.39. The van der Waals surface area contributed by atoms with E-state index in [-0.39, 0.29) is 0 Å². The van der Waals surface area contributed by atoms with Crippen LogP contribution in [0, 0.1) is 12.8 Å². The lowest BCUT2D eigenvalue weighted by atomic mass is 10.1. The standard InChI is InChI=1S/C15H22N4/c1-12-14(19-7-4-3-5-15(19)17-12)10-16-9-13-6-8-18(2)11-13/h3-5,7,13,16H,6,8-11H2,1-2H3. The molecule has 0 aliphatic carbocycles. The minimum Gasteiger partial charge on any atom is -0.311 e. The second-order valence-corrected chi connectivity index (χ2v) is 5.62. The number of fused-ring (bicyclic) bond motifs is 1. The molecule has 1 saturated heterocycles. The minimum atomic E-state index is 0.796. The Balaban J connectivity index is 1.63. The van der Waals surface area contributed by atoms with Crippen molar-refractivity contribution in [3.05, 3.63) is 35.8 Å².